The van der Waals surface area contributed by atoms with Crippen molar-refractivity contribution in [1.29, 1.82) is 5.26 Å². The summed E-state index contributed by atoms with van der Waals surface area (Å²) in [6.07, 6.45) is -1.30. The van der Waals surface area contributed by atoms with Crippen molar-refractivity contribution < 1.29 is 13.2 Å². The van der Waals surface area contributed by atoms with E-state index in [1.165, 1.54) is 24.3 Å². The number of nitrogens with one attached hydrogen (secondary N) is 1. The van der Waals surface area contributed by atoms with Crippen LogP contribution in [-0.4, -0.2) is 33.0 Å². The normalized spacial score (nSPS) is 17.3. The van der Waals surface area contributed by atoms with Crippen LogP contribution in [0.15, 0.2) is 18.3 Å². The lowest BCUT2D eigenvalue weighted by molar-refractivity contribution is -0.145. The Balaban J connectivity index is 1.66. The molecule has 11 heteroatoms. The van der Waals surface area contributed by atoms with Crippen molar-refractivity contribution in [3.63, 3.8) is 0 Å². The van der Waals surface area contributed by atoms with E-state index in [2.05, 4.69) is 36.2 Å². The third kappa shape index (κ3) is 4.07. The van der Waals surface area contributed by atoms with E-state index in [9.17, 15) is 18.4 Å². The molecule has 1 unspecified atom stereocenters. The number of alkyl halides is 3. The van der Waals surface area contributed by atoms with Crippen LogP contribution in [0.25, 0.3) is 10.2 Å². The fourth-order valence-corrected chi connectivity index (χ4v) is 4.25. The SMILES string of the molecule is Cc1cc(Nc2nccc3nc(N4CCCC(C#N)C4)sc23)nc(C(F)(F)F)n1. The number of aromatic nitrogens is 4. The van der Waals surface area contributed by atoms with Crippen LogP contribution < -0.4 is 10.2 Å². The predicted octanol–water partition coefficient (Wildman–Crippen LogP) is 4.29. The van der Waals surface area contributed by atoms with Crippen LogP contribution >= 0.6 is 11.3 Å². The number of fused-ring (bicyclic) bond motifs is 1. The second kappa shape index (κ2) is 7.44. The number of nitrogens with zero attached hydrogens (tertiary/aromatic N) is 6. The van der Waals surface area contributed by atoms with Gasteiger partial charge in [0.15, 0.2) is 10.9 Å². The molecule has 0 bridgehead atoms. The summed E-state index contributed by atoms with van der Waals surface area (Å²) in [7, 11) is 0. The van der Waals surface area contributed by atoms with E-state index in [1.807, 2.05) is 0 Å². The third-order valence-corrected chi connectivity index (χ3v) is 5.66. The number of piperidine rings is 1. The van der Waals surface area contributed by atoms with Gasteiger partial charge in [0.05, 0.1) is 22.2 Å². The smallest absolute Gasteiger partial charge is 0.347 e. The van der Waals surface area contributed by atoms with Crippen molar-refractivity contribution in [2.45, 2.75) is 25.9 Å². The molecule has 3 aromatic rings. The Hall–Kier alpha value is -3.00. The lowest BCUT2D eigenvalue weighted by Gasteiger charge is -2.28. The van der Waals surface area contributed by atoms with Gasteiger partial charge in [-0.3, -0.25) is 0 Å². The molecule has 7 nitrogen and oxygen atoms in total. The standard InChI is InChI=1S/C18H16F3N7S/c1-10-7-13(27-16(24-10)18(19,20)21)26-15-14-12(4-5-23-15)25-17(29-14)28-6-2-3-11(8-22)9-28/h4-5,7,11H,2-3,6,9H2,1H3,(H,23,24,26,27). The molecule has 1 N–H and O–H groups in total. The van der Waals surface area contributed by atoms with Crippen LogP contribution in [0.4, 0.5) is 29.9 Å². The lowest BCUT2D eigenvalue weighted by atomic mass is 10.0. The molecule has 0 spiro atoms. The van der Waals surface area contributed by atoms with Crippen LogP contribution in [0.2, 0.25) is 0 Å². The number of halogens is 3. The molecular formula is C18H16F3N7S. The van der Waals surface area contributed by atoms with Crippen molar-refractivity contribution in [1.82, 2.24) is 19.9 Å². The third-order valence-electron chi connectivity index (χ3n) is 4.52. The summed E-state index contributed by atoms with van der Waals surface area (Å²) in [5.74, 6) is -0.835. The monoisotopic (exact) mass is 419 g/mol. The first-order chi connectivity index (χ1) is 13.8. The summed E-state index contributed by atoms with van der Waals surface area (Å²) in [6.45, 7) is 2.91. The maximum atomic E-state index is 13.0. The molecule has 4 heterocycles. The minimum absolute atomic E-state index is 0.0160. The largest absolute Gasteiger partial charge is 0.451 e. The van der Waals surface area contributed by atoms with Crippen LogP contribution in [0.3, 0.4) is 0 Å². The molecule has 0 saturated carbocycles. The molecule has 4 rings (SSSR count). The molecule has 1 aliphatic heterocycles. The lowest BCUT2D eigenvalue weighted by Crippen LogP contribution is -2.34. The minimum Gasteiger partial charge on any atom is -0.347 e. The Bertz CT molecular complexity index is 1090. The van der Waals surface area contributed by atoms with Gasteiger partial charge in [0.1, 0.15) is 5.82 Å². The van der Waals surface area contributed by atoms with Crippen molar-refractivity contribution in [3.8, 4) is 6.07 Å². The summed E-state index contributed by atoms with van der Waals surface area (Å²) in [5, 5.41) is 12.8. The molecule has 0 amide bonds. The van der Waals surface area contributed by atoms with E-state index < -0.39 is 12.0 Å². The summed E-state index contributed by atoms with van der Waals surface area (Å²) >= 11 is 1.39. The molecule has 0 aromatic carbocycles. The zero-order chi connectivity index (χ0) is 20.6. The molecule has 1 atom stereocenters. The van der Waals surface area contributed by atoms with Gasteiger partial charge in [-0.25, -0.2) is 19.9 Å². The van der Waals surface area contributed by atoms with Gasteiger partial charge in [0, 0.05) is 31.0 Å². The van der Waals surface area contributed by atoms with Crippen molar-refractivity contribution in [2.75, 3.05) is 23.3 Å². The van der Waals surface area contributed by atoms with Gasteiger partial charge in [-0.1, -0.05) is 11.3 Å². The highest BCUT2D eigenvalue weighted by Gasteiger charge is 2.35. The van der Waals surface area contributed by atoms with Gasteiger partial charge in [-0.2, -0.15) is 18.4 Å². The summed E-state index contributed by atoms with van der Waals surface area (Å²) in [5.41, 5.74) is 0.881. The molecule has 0 radical (unpaired) electrons. The number of nitriles is 1. The molecule has 3 aromatic heterocycles. The Morgan fingerprint density at radius 1 is 1.31 bits per heavy atom. The van der Waals surface area contributed by atoms with Crippen LogP contribution in [0, 0.1) is 24.2 Å². The molecule has 150 valence electrons. The fourth-order valence-electron chi connectivity index (χ4n) is 3.21. The van der Waals surface area contributed by atoms with Crippen molar-refractivity contribution >= 4 is 38.3 Å². The van der Waals surface area contributed by atoms with E-state index in [-0.39, 0.29) is 17.4 Å². The van der Waals surface area contributed by atoms with Crippen molar-refractivity contribution in [3.05, 3.63) is 29.8 Å². The average molecular weight is 419 g/mol. The van der Waals surface area contributed by atoms with E-state index in [0.29, 0.717) is 22.6 Å². The van der Waals surface area contributed by atoms with E-state index in [0.717, 1.165) is 24.5 Å². The van der Waals surface area contributed by atoms with Crippen molar-refractivity contribution in [2.24, 2.45) is 5.92 Å². The average Bonchev–Trinajstić information content (AvgIpc) is 3.12. The number of anilines is 3. The zero-order valence-electron chi connectivity index (χ0n) is 15.4. The Labute approximate surface area is 168 Å². The first kappa shape index (κ1) is 19.3. The number of rotatable bonds is 3. The summed E-state index contributed by atoms with van der Waals surface area (Å²) in [4.78, 5) is 18.0. The first-order valence-electron chi connectivity index (χ1n) is 8.93. The Morgan fingerprint density at radius 2 is 2.14 bits per heavy atom. The highest BCUT2D eigenvalue weighted by molar-refractivity contribution is 7.22. The molecule has 0 aliphatic carbocycles. The Morgan fingerprint density at radius 3 is 2.90 bits per heavy atom. The highest BCUT2D eigenvalue weighted by Crippen LogP contribution is 2.36. The summed E-state index contributed by atoms with van der Waals surface area (Å²) < 4.78 is 39.7. The van der Waals surface area contributed by atoms with E-state index >= 15 is 0 Å². The van der Waals surface area contributed by atoms with Gasteiger partial charge in [0.25, 0.3) is 0 Å². The van der Waals surface area contributed by atoms with Gasteiger partial charge >= 0.3 is 6.18 Å². The zero-order valence-corrected chi connectivity index (χ0v) is 16.2. The number of hydrogen-bond acceptors (Lipinski definition) is 8. The topological polar surface area (TPSA) is 90.6 Å². The number of hydrogen-bond donors (Lipinski definition) is 1. The molecule has 1 aliphatic rings. The highest BCUT2D eigenvalue weighted by atomic mass is 32.1. The number of thiazole rings is 1. The second-order valence-corrected chi connectivity index (χ2v) is 7.74. The number of aryl methyl sites for hydroxylation is 1. The quantitative estimate of drug-likeness (QED) is 0.677. The molecule has 1 fully saturated rings. The predicted molar refractivity (Wildman–Crippen MR) is 103 cm³/mol. The molecule has 29 heavy (non-hydrogen) atoms. The van der Waals surface area contributed by atoms with Gasteiger partial charge in [-0.15, -0.1) is 0 Å². The van der Waals surface area contributed by atoms with Gasteiger partial charge < -0.3 is 10.2 Å². The maximum Gasteiger partial charge on any atom is 0.451 e. The van der Waals surface area contributed by atoms with Gasteiger partial charge in [0.2, 0.25) is 5.82 Å². The Kier molecular flexibility index (Phi) is 4.96. The number of pyridine rings is 1. The summed E-state index contributed by atoms with van der Waals surface area (Å²) in [6, 6.07) is 5.49. The van der Waals surface area contributed by atoms with E-state index in [1.54, 1.807) is 12.3 Å². The van der Waals surface area contributed by atoms with E-state index in [4.69, 9.17) is 0 Å². The molecule has 1 saturated heterocycles. The van der Waals surface area contributed by atoms with Crippen LogP contribution in [0.5, 0.6) is 0 Å². The van der Waals surface area contributed by atoms with Crippen LogP contribution in [0.1, 0.15) is 24.4 Å². The minimum atomic E-state index is -4.63. The molecular weight excluding hydrogens is 403 g/mol. The maximum absolute atomic E-state index is 13.0. The van der Waals surface area contributed by atoms with Gasteiger partial charge in [-0.05, 0) is 25.8 Å². The fraction of sp³-hybridized carbons (Fsp3) is 0.389. The first-order valence-corrected chi connectivity index (χ1v) is 9.75. The van der Waals surface area contributed by atoms with Crippen LogP contribution in [-0.2, 0) is 6.18 Å². The second-order valence-electron chi connectivity index (χ2n) is 6.76.